The highest BCUT2D eigenvalue weighted by atomic mass is 16.5. The topological polar surface area (TPSA) is 72.9 Å². The largest absolute Gasteiger partial charge is 0.462 e. The van der Waals surface area contributed by atoms with E-state index in [-0.39, 0.29) is 40.0 Å². The summed E-state index contributed by atoms with van der Waals surface area (Å²) in [6.45, 7) is 21.2. The first-order valence-corrected chi connectivity index (χ1v) is 19.6. The van der Waals surface area contributed by atoms with Gasteiger partial charge in [-0.3, -0.25) is 9.59 Å². The van der Waals surface area contributed by atoms with Gasteiger partial charge in [0.1, 0.15) is 6.61 Å². The molecule has 6 heteroatoms. The molecule has 1 unspecified atom stereocenters. The normalized spacial score (nSPS) is 38.1. The molecule has 2 aromatic carbocycles. The van der Waals surface area contributed by atoms with E-state index in [0.717, 1.165) is 62.6 Å². The molecule has 5 fully saturated rings. The second-order valence-electron chi connectivity index (χ2n) is 18.2. The highest BCUT2D eigenvalue weighted by molar-refractivity contribution is 5.97. The number of anilines is 1. The maximum absolute atomic E-state index is 14.5. The Morgan fingerprint density at radius 2 is 1.53 bits per heavy atom. The zero-order valence-electron chi connectivity index (χ0n) is 32.1. The summed E-state index contributed by atoms with van der Waals surface area (Å²) in [4.78, 5) is 43.2. The summed E-state index contributed by atoms with van der Waals surface area (Å²) in [5.41, 5.74) is 2.68. The molecule has 274 valence electrons. The molecule has 1 aliphatic heterocycles. The van der Waals surface area contributed by atoms with Crippen LogP contribution < -0.4 is 4.90 Å². The van der Waals surface area contributed by atoms with E-state index in [4.69, 9.17) is 9.47 Å². The quantitative estimate of drug-likeness (QED) is 0.213. The van der Waals surface area contributed by atoms with Crippen LogP contribution in [0.25, 0.3) is 0 Å². The second-order valence-corrected chi connectivity index (χ2v) is 18.2. The van der Waals surface area contributed by atoms with Crippen LogP contribution in [-0.4, -0.2) is 30.0 Å². The number of hydrogen-bond donors (Lipinski definition) is 0. The first kappa shape index (κ1) is 36.0. The van der Waals surface area contributed by atoms with Crippen molar-refractivity contribution < 1.29 is 23.9 Å². The molecule has 0 radical (unpaired) electrons. The van der Waals surface area contributed by atoms with Gasteiger partial charge in [0, 0.05) is 17.6 Å². The van der Waals surface area contributed by atoms with Gasteiger partial charge in [-0.05, 0) is 155 Å². The van der Waals surface area contributed by atoms with Gasteiger partial charge in [-0.2, -0.15) is 0 Å². The zero-order valence-corrected chi connectivity index (χ0v) is 32.1. The monoisotopic (exact) mass is 693 g/mol. The molecule has 4 saturated carbocycles. The molecular weight excluding hydrogens is 634 g/mol. The van der Waals surface area contributed by atoms with Crippen LogP contribution in [0.4, 0.5) is 5.69 Å². The molecule has 9 atom stereocenters. The van der Waals surface area contributed by atoms with Gasteiger partial charge in [0.05, 0.1) is 17.6 Å². The lowest BCUT2D eigenvalue weighted by Gasteiger charge is -2.72. The molecule has 1 amide bonds. The number of carbonyl (C=O) groups is 3. The number of amides is 1. The Balaban J connectivity index is 1.18. The fourth-order valence-electron chi connectivity index (χ4n) is 13.5. The number of nitrogens with zero attached hydrogens (tertiary/aromatic N) is 1. The summed E-state index contributed by atoms with van der Waals surface area (Å²) in [6.07, 6.45) is 8.63. The average Bonchev–Trinajstić information content (AvgIpc) is 3.49. The van der Waals surface area contributed by atoms with Gasteiger partial charge in [0.2, 0.25) is 5.91 Å². The lowest BCUT2D eigenvalue weighted by atomic mass is 9.33. The van der Waals surface area contributed by atoms with Gasteiger partial charge in [0.25, 0.3) is 0 Å². The second kappa shape index (κ2) is 12.6. The molecule has 2 aromatic rings. The SMILES string of the molecule is C=C(C)C1CC[C@]2(C(=O)OCc3ccccc3)CC[C@]3(C)[C@H](CC[C@@H]4[C@@]5(C)CC(=O)N(c6ccc(C(=O)OCC)cc6)C(C)(C)[C@@H]5CC[C@]43C)[C@@H]12. The van der Waals surface area contributed by atoms with Gasteiger partial charge >= 0.3 is 11.9 Å². The van der Waals surface area contributed by atoms with Gasteiger partial charge in [0.15, 0.2) is 0 Å². The van der Waals surface area contributed by atoms with Crippen LogP contribution in [0, 0.1) is 51.2 Å². The number of benzene rings is 2. The predicted molar refractivity (Wildman–Crippen MR) is 201 cm³/mol. The van der Waals surface area contributed by atoms with E-state index in [9.17, 15) is 14.4 Å². The third-order valence-electron chi connectivity index (χ3n) is 15.8. The fourth-order valence-corrected chi connectivity index (χ4v) is 13.5. The summed E-state index contributed by atoms with van der Waals surface area (Å²) in [7, 11) is 0. The molecule has 6 nitrogen and oxygen atoms in total. The highest BCUT2D eigenvalue weighted by Crippen LogP contribution is 2.77. The Hall–Kier alpha value is -3.41. The van der Waals surface area contributed by atoms with Crippen molar-refractivity contribution in [2.24, 2.45) is 51.2 Å². The zero-order chi connectivity index (χ0) is 36.6. The molecule has 1 saturated heterocycles. The van der Waals surface area contributed by atoms with Crippen molar-refractivity contribution in [2.45, 2.75) is 118 Å². The Labute approximate surface area is 305 Å². The van der Waals surface area contributed by atoms with E-state index in [0.29, 0.717) is 48.9 Å². The summed E-state index contributed by atoms with van der Waals surface area (Å²) in [5.74, 6) is 1.53. The van der Waals surface area contributed by atoms with Gasteiger partial charge in [-0.1, -0.05) is 63.3 Å². The van der Waals surface area contributed by atoms with Crippen LogP contribution >= 0.6 is 0 Å². The summed E-state index contributed by atoms with van der Waals surface area (Å²) < 4.78 is 11.4. The summed E-state index contributed by atoms with van der Waals surface area (Å²) >= 11 is 0. The number of allylic oxidation sites excluding steroid dienone is 1. The lowest BCUT2D eigenvalue weighted by Crippen LogP contribution is -2.71. The fraction of sp³-hybridized carbons (Fsp3) is 0.622. The van der Waals surface area contributed by atoms with Crippen LogP contribution in [0.2, 0.25) is 0 Å². The molecular formula is C45H59NO5. The maximum atomic E-state index is 14.5. The third kappa shape index (κ3) is 5.27. The molecule has 0 bridgehead atoms. The van der Waals surface area contributed by atoms with Crippen molar-refractivity contribution in [2.75, 3.05) is 11.5 Å². The van der Waals surface area contributed by atoms with Crippen molar-refractivity contribution in [3.05, 3.63) is 77.9 Å². The van der Waals surface area contributed by atoms with E-state index in [1.54, 1.807) is 19.1 Å². The first-order chi connectivity index (χ1) is 24.1. The number of piperidine rings is 1. The molecule has 4 aliphatic carbocycles. The van der Waals surface area contributed by atoms with Crippen molar-refractivity contribution in [3.8, 4) is 0 Å². The van der Waals surface area contributed by atoms with Crippen LogP contribution in [0.15, 0.2) is 66.7 Å². The van der Waals surface area contributed by atoms with Crippen molar-refractivity contribution in [3.63, 3.8) is 0 Å². The molecule has 0 aromatic heterocycles. The summed E-state index contributed by atoms with van der Waals surface area (Å²) in [6, 6.07) is 17.4. The third-order valence-corrected chi connectivity index (χ3v) is 15.8. The van der Waals surface area contributed by atoms with Crippen LogP contribution in [0.3, 0.4) is 0 Å². The number of fused-ring (bicyclic) bond motifs is 7. The Kier molecular flexibility index (Phi) is 8.90. The number of esters is 2. The molecule has 51 heavy (non-hydrogen) atoms. The van der Waals surface area contributed by atoms with E-state index >= 15 is 0 Å². The minimum atomic E-state index is -0.459. The van der Waals surface area contributed by atoms with Gasteiger partial charge in [-0.15, -0.1) is 0 Å². The summed E-state index contributed by atoms with van der Waals surface area (Å²) in [5, 5.41) is 0. The molecule has 5 aliphatic rings. The smallest absolute Gasteiger partial charge is 0.338 e. The van der Waals surface area contributed by atoms with Crippen LogP contribution in [-0.2, 0) is 25.7 Å². The van der Waals surface area contributed by atoms with Gasteiger partial charge < -0.3 is 14.4 Å². The Bertz CT molecular complexity index is 1700. The number of carbonyl (C=O) groups excluding carboxylic acids is 3. The van der Waals surface area contributed by atoms with Crippen LogP contribution in [0.1, 0.15) is 122 Å². The predicted octanol–water partition coefficient (Wildman–Crippen LogP) is 9.96. The van der Waals surface area contributed by atoms with E-state index in [2.05, 4.69) is 48.1 Å². The minimum Gasteiger partial charge on any atom is -0.462 e. The van der Waals surface area contributed by atoms with E-state index < -0.39 is 11.0 Å². The van der Waals surface area contributed by atoms with Gasteiger partial charge in [-0.25, -0.2) is 4.79 Å². The lowest BCUT2D eigenvalue weighted by molar-refractivity contribution is -0.231. The standard InChI is InChI=1S/C45H59NO5/c1-9-50-39(48)31-15-17-32(18-16-31)46-37(47)27-42(6)35(41(46,4)5)22-23-44(8)36(42)20-19-34-38-33(29(2)3)21-24-45(38,26-25-43(34,44)7)40(49)51-28-30-13-11-10-12-14-30/h10-18,33-36,38H,2,9,19-28H2,1,3-8H3/t33?,34-,35+,36-,38-,42+,43-,44-,45+/m1/s1. The van der Waals surface area contributed by atoms with E-state index in [1.165, 1.54) is 5.57 Å². The Morgan fingerprint density at radius 3 is 2.20 bits per heavy atom. The molecule has 7 rings (SSSR count). The highest BCUT2D eigenvalue weighted by Gasteiger charge is 2.72. The number of ether oxygens (including phenoxy) is 2. The Morgan fingerprint density at radius 1 is 0.824 bits per heavy atom. The molecule has 0 N–H and O–H groups in total. The van der Waals surface area contributed by atoms with Crippen molar-refractivity contribution >= 4 is 23.5 Å². The van der Waals surface area contributed by atoms with Crippen molar-refractivity contribution in [1.82, 2.24) is 0 Å². The number of rotatable bonds is 7. The molecule has 1 heterocycles. The first-order valence-electron chi connectivity index (χ1n) is 19.6. The van der Waals surface area contributed by atoms with E-state index in [1.807, 2.05) is 47.4 Å². The van der Waals surface area contributed by atoms with Crippen LogP contribution in [0.5, 0.6) is 0 Å². The van der Waals surface area contributed by atoms with Crippen molar-refractivity contribution in [1.29, 1.82) is 0 Å². The number of hydrogen-bond acceptors (Lipinski definition) is 5. The maximum Gasteiger partial charge on any atom is 0.338 e. The molecule has 0 spiro atoms. The average molecular weight is 694 g/mol. The minimum absolute atomic E-state index is 0.0000982.